The summed E-state index contributed by atoms with van der Waals surface area (Å²) in [6.07, 6.45) is 0.958. The molecule has 0 fully saturated rings. The van der Waals surface area contributed by atoms with Crippen LogP contribution in [0, 0.1) is 10.1 Å². The number of aromatic hydroxyl groups is 1. The number of carbonyl (C=O) groups is 1. The largest absolute Gasteiger partial charge is 0.504 e. The number of nitrogens with one attached hydrogen (secondary N) is 1. The van der Waals surface area contributed by atoms with Gasteiger partial charge in [0.15, 0.2) is 17.3 Å². The highest BCUT2D eigenvalue weighted by Gasteiger charge is 2.21. The molecule has 0 amide bonds. The zero-order valence-electron chi connectivity index (χ0n) is 21.5. The molecule has 12 nitrogen and oxygen atoms in total. The Balaban J connectivity index is 1.59. The molecule has 0 radical (unpaired) electrons. The first-order chi connectivity index (χ1) is 18.5. The fourth-order valence-corrected chi connectivity index (χ4v) is 3.99. The molecule has 39 heavy (non-hydrogen) atoms. The Morgan fingerprint density at radius 2 is 1.90 bits per heavy atom. The lowest BCUT2D eigenvalue weighted by molar-refractivity contribution is -0.384. The molecule has 198 valence electrons. The number of rotatable bonds is 5. The van der Waals surface area contributed by atoms with Crippen molar-refractivity contribution < 1.29 is 24.3 Å². The van der Waals surface area contributed by atoms with E-state index in [1.807, 2.05) is 0 Å². The van der Waals surface area contributed by atoms with Crippen LogP contribution in [-0.4, -0.2) is 48.6 Å². The average Bonchev–Trinajstić information content (AvgIpc) is 3.31. The van der Waals surface area contributed by atoms with Crippen molar-refractivity contribution >= 4 is 45.1 Å². The Morgan fingerprint density at radius 1 is 1.10 bits per heavy atom. The molecule has 2 heterocycles. The minimum atomic E-state index is -0.671. The number of non-ortho nitro benzene ring substituents is 1. The first-order valence-electron chi connectivity index (χ1n) is 11.8. The first kappa shape index (κ1) is 25.4. The van der Waals surface area contributed by atoms with Crippen LogP contribution in [-0.2, 0) is 4.74 Å². The standard InChI is InChI=1S/C27H24N6O6/c1-27(2,3)39-26(35)32-21-9-8-17(10-16(21)14-28-32)29-25-19-12-22(34)23(38-4)13-20(19)30-24(31-25)15-6-5-7-18(11-15)33(36)37/h5-14,34H,1-4H3,(H,29,30,31). The fraction of sp³-hybridized carbons (Fsp3) is 0.185. The second-order valence-corrected chi connectivity index (χ2v) is 9.68. The molecule has 0 atom stereocenters. The van der Waals surface area contributed by atoms with Crippen LogP contribution in [0.5, 0.6) is 11.5 Å². The molecule has 0 bridgehead atoms. The molecule has 0 saturated heterocycles. The zero-order valence-corrected chi connectivity index (χ0v) is 21.5. The van der Waals surface area contributed by atoms with Crippen LogP contribution in [0.1, 0.15) is 20.8 Å². The molecular weight excluding hydrogens is 504 g/mol. The molecule has 2 N–H and O–H groups in total. The third kappa shape index (κ3) is 5.12. The van der Waals surface area contributed by atoms with Crippen LogP contribution in [0.3, 0.4) is 0 Å². The topological polar surface area (TPSA) is 155 Å². The Bertz CT molecular complexity index is 1760. The van der Waals surface area contributed by atoms with Gasteiger partial charge >= 0.3 is 6.09 Å². The summed E-state index contributed by atoms with van der Waals surface area (Å²) >= 11 is 0. The Kier molecular flexibility index (Phi) is 6.22. The van der Waals surface area contributed by atoms with Gasteiger partial charge in [-0.25, -0.2) is 14.8 Å². The summed E-state index contributed by atoms with van der Waals surface area (Å²) in [7, 11) is 1.43. The number of ether oxygens (including phenoxy) is 2. The lowest BCUT2D eigenvalue weighted by Gasteiger charge is -2.19. The van der Waals surface area contributed by atoms with Crippen LogP contribution < -0.4 is 10.1 Å². The lowest BCUT2D eigenvalue weighted by atomic mass is 10.1. The highest BCUT2D eigenvalue weighted by molar-refractivity contribution is 5.96. The fourth-order valence-electron chi connectivity index (χ4n) is 3.99. The number of aromatic nitrogens is 4. The molecule has 12 heteroatoms. The molecule has 5 rings (SSSR count). The van der Waals surface area contributed by atoms with Crippen LogP contribution in [0.25, 0.3) is 33.2 Å². The van der Waals surface area contributed by atoms with Gasteiger partial charge in [0.25, 0.3) is 5.69 Å². The number of nitro groups is 1. The Labute approximate surface area is 222 Å². The predicted molar refractivity (Wildman–Crippen MR) is 144 cm³/mol. The minimum Gasteiger partial charge on any atom is -0.504 e. The summed E-state index contributed by atoms with van der Waals surface area (Å²) in [5.41, 5.74) is 1.29. The second-order valence-electron chi connectivity index (χ2n) is 9.68. The van der Waals surface area contributed by atoms with Crippen LogP contribution >= 0.6 is 0 Å². The number of benzene rings is 3. The number of anilines is 2. The third-order valence-corrected chi connectivity index (χ3v) is 5.71. The molecule has 2 aromatic heterocycles. The van der Waals surface area contributed by atoms with Crippen molar-refractivity contribution in [1.82, 2.24) is 19.7 Å². The number of phenols is 1. The van der Waals surface area contributed by atoms with Crippen molar-refractivity contribution in [1.29, 1.82) is 0 Å². The van der Waals surface area contributed by atoms with Gasteiger partial charge in [0.05, 0.1) is 29.3 Å². The summed E-state index contributed by atoms with van der Waals surface area (Å²) in [6, 6.07) is 14.3. The van der Waals surface area contributed by atoms with E-state index in [1.165, 1.54) is 30.0 Å². The molecule has 5 aromatic rings. The number of carbonyl (C=O) groups excluding carboxylic acids is 1. The number of methoxy groups -OCH3 is 1. The summed E-state index contributed by atoms with van der Waals surface area (Å²) in [6.45, 7) is 5.33. The summed E-state index contributed by atoms with van der Waals surface area (Å²) < 4.78 is 11.9. The van der Waals surface area contributed by atoms with Gasteiger partial charge in [-0.2, -0.15) is 9.78 Å². The van der Waals surface area contributed by atoms with Crippen molar-refractivity contribution in [3.63, 3.8) is 0 Å². The Hall–Kier alpha value is -5.26. The first-order valence-corrected chi connectivity index (χ1v) is 11.8. The van der Waals surface area contributed by atoms with Crippen LogP contribution in [0.2, 0.25) is 0 Å². The maximum absolute atomic E-state index is 12.5. The number of nitro benzene ring substituents is 1. The number of hydrogen-bond donors (Lipinski definition) is 2. The molecule has 0 spiro atoms. The molecule has 0 aliphatic carbocycles. The predicted octanol–water partition coefficient (Wildman–Crippen LogP) is 5.80. The zero-order chi connectivity index (χ0) is 27.9. The van der Waals surface area contributed by atoms with Crippen molar-refractivity contribution in [3.8, 4) is 22.9 Å². The van der Waals surface area contributed by atoms with Crippen molar-refractivity contribution in [2.75, 3.05) is 12.4 Å². The smallest absolute Gasteiger partial charge is 0.435 e. The van der Waals surface area contributed by atoms with Gasteiger partial charge < -0.3 is 19.9 Å². The van der Waals surface area contributed by atoms with Crippen molar-refractivity contribution in [2.24, 2.45) is 0 Å². The van der Waals surface area contributed by atoms with Crippen LogP contribution in [0.15, 0.2) is 60.8 Å². The number of nitrogens with zero attached hydrogens (tertiary/aromatic N) is 5. The lowest BCUT2D eigenvalue weighted by Crippen LogP contribution is -2.27. The monoisotopic (exact) mass is 528 g/mol. The molecule has 0 aliphatic rings. The number of phenolic OH excluding ortho intramolecular Hbond substituents is 1. The van der Waals surface area contributed by atoms with Gasteiger partial charge in [-0.3, -0.25) is 10.1 Å². The molecule has 0 unspecified atom stereocenters. The van der Waals surface area contributed by atoms with E-state index in [0.717, 1.165) is 0 Å². The van der Waals surface area contributed by atoms with Gasteiger partial charge in [-0.15, -0.1) is 0 Å². The molecule has 0 saturated carbocycles. The summed E-state index contributed by atoms with van der Waals surface area (Å²) in [5, 5.41) is 30.3. The van der Waals surface area contributed by atoms with E-state index in [0.29, 0.717) is 38.9 Å². The van der Waals surface area contributed by atoms with E-state index in [1.54, 1.807) is 63.4 Å². The summed E-state index contributed by atoms with van der Waals surface area (Å²) in [5.74, 6) is 0.695. The van der Waals surface area contributed by atoms with Gasteiger partial charge in [0, 0.05) is 40.2 Å². The minimum absolute atomic E-state index is 0.0959. The average molecular weight is 529 g/mol. The van der Waals surface area contributed by atoms with E-state index in [9.17, 15) is 20.0 Å². The van der Waals surface area contributed by atoms with Gasteiger partial charge in [0.2, 0.25) is 0 Å². The van der Waals surface area contributed by atoms with E-state index in [2.05, 4.69) is 20.4 Å². The van der Waals surface area contributed by atoms with E-state index < -0.39 is 16.6 Å². The third-order valence-electron chi connectivity index (χ3n) is 5.71. The maximum Gasteiger partial charge on any atom is 0.435 e. The van der Waals surface area contributed by atoms with Crippen molar-refractivity contribution in [3.05, 3.63) is 70.9 Å². The second kappa shape index (κ2) is 9.56. The van der Waals surface area contributed by atoms with Gasteiger partial charge in [-0.05, 0) is 45.0 Å². The highest BCUT2D eigenvalue weighted by atomic mass is 16.6. The number of hydrogen-bond acceptors (Lipinski definition) is 10. The van der Waals surface area contributed by atoms with Crippen molar-refractivity contribution in [2.45, 2.75) is 26.4 Å². The summed E-state index contributed by atoms with van der Waals surface area (Å²) in [4.78, 5) is 32.6. The van der Waals surface area contributed by atoms with E-state index in [-0.39, 0.29) is 23.0 Å². The van der Waals surface area contributed by atoms with E-state index in [4.69, 9.17) is 9.47 Å². The van der Waals surface area contributed by atoms with Gasteiger partial charge in [0.1, 0.15) is 11.4 Å². The van der Waals surface area contributed by atoms with Crippen LogP contribution in [0.4, 0.5) is 22.0 Å². The normalized spacial score (nSPS) is 11.5. The Morgan fingerprint density at radius 3 is 2.62 bits per heavy atom. The number of fused-ring (bicyclic) bond motifs is 2. The SMILES string of the molecule is COc1cc2nc(-c3cccc([N+](=O)[O-])c3)nc(Nc3ccc4c(cnn4C(=O)OC(C)(C)C)c3)c2cc1O. The molecule has 0 aliphatic heterocycles. The molecule has 3 aromatic carbocycles. The molecular formula is C27H24N6O6. The maximum atomic E-state index is 12.5. The van der Waals surface area contributed by atoms with E-state index >= 15 is 0 Å². The highest BCUT2D eigenvalue weighted by Crippen LogP contribution is 2.36. The quantitative estimate of drug-likeness (QED) is 0.211. The van der Waals surface area contributed by atoms with Gasteiger partial charge in [-0.1, -0.05) is 12.1 Å².